The zero-order valence-electron chi connectivity index (χ0n) is 8.83. The molecule has 4 nitrogen and oxygen atoms in total. The summed E-state index contributed by atoms with van der Waals surface area (Å²) in [5.41, 5.74) is 0. The van der Waals surface area contributed by atoms with E-state index in [-0.39, 0.29) is 18.6 Å². The van der Waals surface area contributed by atoms with Gasteiger partial charge in [-0.05, 0) is 19.4 Å². The SMILES string of the molecule is CCNCCC(=O)N1CCC[C@H]1CO. The molecule has 0 aromatic heterocycles. The quantitative estimate of drug-likeness (QED) is 0.613. The average Bonchev–Trinajstić information content (AvgIpc) is 2.65. The fourth-order valence-corrected chi connectivity index (χ4v) is 1.87. The van der Waals surface area contributed by atoms with Crippen molar-refractivity contribution >= 4 is 5.91 Å². The van der Waals surface area contributed by atoms with Crippen LogP contribution in [0, 0.1) is 0 Å². The van der Waals surface area contributed by atoms with Crippen LogP contribution in [0.3, 0.4) is 0 Å². The van der Waals surface area contributed by atoms with Crippen LogP contribution in [0.4, 0.5) is 0 Å². The normalized spacial score (nSPS) is 21.6. The first-order valence-electron chi connectivity index (χ1n) is 5.40. The molecule has 1 fully saturated rings. The fourth-order valence-electron chi connectivity index (χ4n) is 1.87. The van der Waals surface area contributed by atoms with Crippen LogP contribution in [-0.4, -0.2) is 48.2 Å². The summed E-state index contributed by atoms with van der Waals surface area (Å²) in [4.78, 5) is 13.5. The van der Waals surface area contributed by atoms with Crippen molar-refractivity contribution in [3.05, 3.63) is 0 Å². The number of amides is 1. The van der Waals surface area contributed by atoms with Crippen molar-refractivity contribution in [1.82, 2.24) is 10.2 Å². The molecule has 4 heteroatoms. The number of aliphatic hydroxyl groups excluding tert-OH is 1. The number of rotatable bonds is 5. The molecule has 0 aliphatic carbocycles. The van der Waals surface area contributed by atoms with Crippen LogP contribution in [-0.2, 0) is 4.79 Å². The second-order valence-corrected chi connectivity index (χ2v) is 3.67. The van der Waals surface area contributed by atoms with E-state index < -0.39 is 0 Å². The molecular formula is C10H20N2O2. The van der Waals surface area contributed by atoms with Crippen LogP contribution in [0.2, 0.25) is 0 Å². The predicted octanol–water partition coefficient (Wildman–Crippen LogP) is -0.0307. The third kappa shape index (κ3) is 2.96. The third-order valence-corrected chi connectivity index (χ3v) is 2.67. The molecule has 0 unspecified atom stereocenters. The average molecular weight is 200 g/mol. The monoisotopic (exact) mass is 200 g/mol. The Morgan fingerprint density at radius 3 is 3.07 bits per heavy atom. The number of nitrogens with zero attached hydrogens (tertiary/aromatic N) is 1. The van der Waals surface area contributed by atoms with Gasteiger partial charge in [-0.3, -0.25) is 4.79 Å². The Balaban J connectivity index is 2.28. The van der Waals surface area contributed by atoms with Crippen LogP contribution >= 0.6 is 0 Å². The van der Waals surface area contributed by atoms with E-state index >= 15 is 0 Å². The number of hydrogen-bond donors (Lipinski definition) is 2. The molecule has 1 heterocycles. The van der Waals surface area contributed by atoms with Gasteiger partial charge in [-0.2, -0.15) is 0 Å². The van der Waals surface area contributed by atoms with E-state index in [4.69, 9.17) is 5.11 Å². The molecule has 1 aliphatic rings. The lowest BCUT2D eigenvalue weighted by Crippen LogP contribution is -2.38. The van der Waals surface area contributed by atoms with Gasteiger partial charge < -0.3 is 15.3 Å². The first kappa shape index (κ1) is 11.5. The van der Waals surface area contributed by atoms with E-state index in [2.05, 4.69) is 5.32 Å². The minimum Gasteiger partial charge on any atom is -0.394 e. The summed E-state index contributed by atoms with van der Waals surface area (Å²) in [6.45, 7) is 4.58. The Morgan fingerprint density at radius 1 is 1.64 bits per heavy atom. The molecule has 14 heavy (non-hydrogen) atoms. The number of carbonyl (C=O) groups is 1. The number of nitrogens with one attached hydrogen (secondary N) is 1. The maximum atomic E-state index is 11.7. The first-order chi connectivity index (χ1) is 6.79. The number of carbonyl (C=O) groups excluding carboxylic acids is 1. The van der Waals surface area contributed by atoms with Crippen LogP contribution in [0.25, 0.3) is 0 Å². The minimum atomic E-state index is 0.0733. The lowest BCUT2D eigenvalue weighted by molar-refractivity contribution is -0.132. The van der Waals surface area contributed by atoms with E-state index in [1.807, 2.05) is 11.8 Å². The number of likely N-dealkylation sites (tertiary alicyclic amines) is 1. The maximum Gasteiger partial charge on any atom is 0.224 e. The predicted molar refractivity (Wildman–Crippen MR) is 55.0 cm³/mol. The zero-order chi connectivity index (χ0) is 10.4. The molecule has 0 aromatic carbocycles. The Morgan fingerprint density at radius 2 is 2.43 bits per heavy atom. The van der Waals surface area contributed by atoms with Gasteiger partial charge in [0.15, 0.2) is 0 Å². The number of hydrogen-bond acceptors (Lipinski definition) is 3. The fraction of sp³-hybridized carbons (Fsp3) is 0.900. The Bertz CT molecular complexity index is 185. The topological polar surface area (TPSA) is 52.6 Å². The molecular weight excluding hydrogens is 180 g/mol. The van der Waals surface area contributed by atoms with E-state index in [9.17, 15) is 4.79 Å². The van der Waals surface area contributed by atoms with Crippen molar-refractivity contribution in [2.24, 2.45) is 0 Å². The molecule has 0 aromatic rings. The van der Waals surface area contributed by atoms with Gasteiger partial charge in [0.05, 0.1) is 12.6 Å². The Labute approximate surface area is 85.3 Å². The standard InChI is InChI=1S/C10H20N2O2/c1-2-11-6-5-10(14)12-7-3-4-9(12)8-13/h9,11,13H,2-8H2,1H3/t9-/m0/s1. The van der Waals surface area contributed by atoms with Crippen LogP contribution in [0.5, 0.6) is 0 Å². The summed E-state index contributed by atoms with van der Waals surface area (Å²) in [5, 5.41) is 12.2. The van der Waals surface area contributed by atoms with E-state index in [1.54, 1.807) is 0 Å². The molecule has 1 amide bonds. The molecule has 1 saturated heterocycles. The summed E-state index contributed by atoms with van der Waals surface area (Å²) in [6.07, 6.45) is 2.52. The van der Waals surface area contributed by atoms with Crippen molar-refractivity contribution in [3.8, 4) is 0 Å². The molecule has 0 saturated carbocycles. The second kappa shape index (κ2) is 5.98. The van der Waals surface area contributed by atoms with Crippen molar-refractivity contribution in [2.45, 2.75) is 32.2 Å². The summed E-state index contributed by atoms with van der Waals surface area (Å²) < 4.78 is 0. The lowest BCUT2D eigenvalue weighted by Gasteiger charge is -2.22. The van der Waals surface area contributed by atoms with Gasteiger partial charge in [-0.1, -0.05) is 6.92 Å². The van der Waals surface area contributed by atoms with E-state index in [0.717, 1.165) is 32.5 Å². The van der Waals surface area contributed by atoms with Crippen LogP contribution in [0.1, 0.15) is 26.2 Å². The molecule has 0 bridgehead atoms. The Hall–Kier alpha value is -0.610. The molecule has 82 valence electrons. The highest BCUT2D eigenvalue weighted by Gasteiger charge is 2.27. The lowest BCUT2D eigenvalue weighted by atomic mass is 10.2. The summed E-state index contributed by atoms with van der Waals surface area (Å²) in [6, 6.07) is 0.0733. The van der Waals surface area contributed by atoms with Crippen LogP contribution < -0.4 is 5.32 Å². The molecule has 0 radical (unpaired) electrons. The highest BCUT2D eigenvalue weighted by Crippen LogP contribution is 2.17. The van der Waals surface area contributed by atoms with Crippen molar-refractivity contribution < 1.29 is 9.90 Å². The van der Waals surface area contributed by atoms with E-state index in [0.29, 0.717) is 6.42 Å². The second-order valence-electron chi connectivity index (χ2n) is 3.67. The van der Waals surface area contributed by atoms with Gasteiger partial charge in [0.2, 0.25) is 5.91 Å². The molecule has 1 rings (SSSR count). The van der Waals surface area contributed by atoms with Gasteiger partial charge >= 0.3 is 0 Å². The van der Waals surface area contributed by atoms with Crippen molar-refractivity contribution in [3.63, 3.8) is 0 Å². The van der Waals surface area contributed by atoms with Gasteiger partial charge in [-0.25, -0.2) is 0 Å². The molecule has 1 aliphatic heterocycles. The summed E-state index contributed by atoms with van der Waals surface area (Å²) in [5.74, 6) is 0.169. The third-order valence-electron chi connectivity index (χ3n) is 2.67. The smallest absolute Gasteiger partial charge is 0.224 e. The highest BCUT2D eigenvalue weighted by molar-refractivity contribution is 5.77. The van der Waals surface area contributed by atoms with Crippen molar-refractivity contribution in [2.75, 3.05) is 26.2 Å². The van der Waals surface area contributed by atoms with Gasteiger partial charge in [0, 0.05) is 19.5 Å². The summed E-state index contributed by atoms with van der Waals surface area (Å²) in [7, 11) is 0. The maximum absolute atomic E-state index is 11.7. The molecule has 2 N–H and O–H groups in total. The zero-order valence-corrected chi connectivity index (χ0v) is 8.83. The molecule has 1 atom stereocenters. The first-order valence-corrected chi connectivity index (χ1v) is 5.40. The largest absolute Gasteiger partial charge is 0.394 e. The van der Waals surface area contributed by atoms with Gasteiger partial charge in [-0.15, -0.1) is 0 Å². The summed E-state index contributed by atoms with van der Waals surface area (Å²) >= 11 is 0. The van der Waals surface area contributed by atoms with Crippen molar-refractivity contribution in [1.29, 1.82) is 0 Å². The molecule has 0 spiro atoms. The van der Waals surface area contributed by atoms with Gasteiger partial charge in [0.25, 0.3) is 0 Å². The number of aliphatic hydroxyl groups is 1. The minimum absolute atomic E-state index is 0.0733. The van der Waals surface area contributed by atoms with Gasteiger partial charge in [0.1, 0.15) is 0 Å². The van der Waals surface area contributed by atoms with Crippen LogP contribution in [0.15, 0.2) is 0 Å². The Kier molecular flexibility index (Phi) is 4.90. The van der Waals surface area contributed by atoms with E-state index in [1.165, 1.54) is 0 Å². The highest BCUT2D eigenvalue weighted by atomic mass is 16.3.